The quantitative estimate of drug-likeness (QED) is 0.656. The van der Waals surface area contributed by atoms with Crippen LogP contribution < -0.4 is 5.32 Å². The van der Waals surface area contributed by atoms with Crippen molar-refractivity contribution in [3.8, 4) is 0 Å². The molecule has 0 aromatic heterocycles. The maximum Gasteiger partial charge on any atom is 0.0223 e. The van der Waals surface area contributed by atoms with E-state index in [1.807, 2.05) is 0 Å². The predicted molar refractivity (Wildman–Crippen MR) is 87.3 cm³/mol. The normalized spacial score (nSPS) is 24.8. The molecule has 3 heteroatoms. The van der Waals surface area contributed by atoms with Crippen molar-refractivity contribution in [2.24, 2.45) is 0 Å². The summed E-state index contributed by atoms with van der Waals surface area (Å²) in [5.41, 5.74) is 0. The van der Waals surface area contributed by atoms with E-state index in [4.69, 9.17) is 0 Å². The second-order valence-electron chi connectivity index (χ2n) is 6.65. The Hall–Kier alpha value is -0.120. The first-order chi connectivity index (χ1) is 9.90. The lowest BCUT2D eigenvalue weighted by Crippen LogP contribution is -2.54. The molecule has 2 fully saturated rings. The fourth-order valence-electron chi connectivity index (χ4n) is 3.66. The van der Waals surface area contributed by atoms with E-state index in [0.717, 1.165) is 6.04 Å². The van der Waals surface area contributed by atoms with E-state index in [9.17, 15) is 0 Å². The second-order valence-corrected chi connectivity index (χ2v) is 6.65. The molecule has 1 atom stereocenters. The smallest absolute Gasteiger partial charge is 0.0223 e. The van der Waals surface area contributed by atoms with Crippen molar-refractivity contribution in [1.82, 2.24) is 15.1 Å². The monoisotopic (exact) mass is 281 g/mol. The zero-order valence-electron chi connectivity index (χ0n) is 13.6. The van der Waals surface area contributed by atoms with Crippen molar-refractivity contribution in [3.05, 3.63) is 0 Å². The zero-order valence-corrected chi connectivity index (χ0v) is 13.6. The third-order valence-corrected chi connectivity index (χ3v) is 4.93. The Morgan fingerprint density at radius 1 is 0.950 bits per heavy atom. The van der Waals surface area contributed by atoms with E-state index in [0.29, 0.717) is 0 Å². The molecule has 2 rings (SSSR count). The fourth-order valence-corrected chi connectivity index (χ4v) is 3.66. The largest absolute Gasteiger partial charge is 0.317 e. The Labute approximate surface area is 126 Å². The van der Waals surface area contributed by atoms with Crippen LogP contribution in [0.25, 0.3) is 0 Å². The van der Waals surface area contributed by atoms with Crippen LogP contribution in [0.2, 0.25) is 0 Å². The van der Waals surface area contributed by atoms with Gasteiger partial charge in [0.05, 0.1) is 0 Å². The number of piperidine rings is 1. The first-order valence-electron chi connectivity index (χ1n) is 9.07. The van der Waals surface area contributed by atoms with Gasteiger partial charge in [-0.3, -0.25) is 4.90 Å². The van der Waals surface area contributed by atoms with E-state index in [1.54, 1.807) is 0 Å². The Balaban J connectivity index is 1.46. The van der Waals surface area contributed by atoms with Gasteiger partial charge in [-0.1, -0.05) is 26.2 Å². The van der Waals surface area contributed by atoms with Crippen molar-refractivity contribution in [3.63, 3.8) is 0 Å². The van der Waals surface area contributed by atoms with E-state index in [1.165, 1.54) is 97.2 Å². The van der Waals surface area contributed by atoms with Crippen molar-refractivity contribution in [1.29, 1.82) is 0 Å². The van der Waals surface area contributed by atoms with Gasteiger partial charge in [-0.2, -0.15) is 0 Å². The third-order valence-electron chi connectivity index (χ3n) is 4.93. The molecule has 2 heterocycles. The van der Waals surface area contributed by atoms with Crippen molar-refractivity contribution >= 4 is 0 Å². The molecule has 1 unspecified atom stereocenters. The summed E-state index contributed by atoms with van der Waals surface area (Å²) in [5.74, 6) is 0. The van der Waals surface area contributed by atoms with Gasteiger partial charge in [0.25, 0.3) is 0 Å². The highest BCUT2D eigenvalue weighted by Gasteiger charge is 2.28. The van der Waals surface area contributed by atoms with Crippen LogP contribution >= 0.6 is 0 Å². The SMILES string of the molecule is CCCNCCCCCCN1CCN2CCCCC2C1. The number of unbranched alkanes of at least 4 members (excludes halogenated alkanes) is 3. The maximum atomic E-state index is 3.49. The van der Waals surface area contributed by atoms with Crippen LogP contribution in [0.1, 0.15) is 58.3 Å². The lowest BCUT2D eigenvalue weighted by molar-refractivity contribution is 0.0486. The average Bonchev–Trinajstić information content (AvgIpc) is 2.50. The summed E-state index contributed by atoms with van der Waals surface area (Å²) >= 11 is 0. The Morgan fingerprint density at radius 2 is 1.85 bits per heavy atom. The molecule has 3 nitrogen and oxygen atoms in total. The number of hydrogen-bond acceptors (Lipinski definition) is 3. The van der Waals surface area contributed by atoms with Gasteiger partial charge in [-0.05, 0) is 58.3 Å². The number of fused-ring (bicyclic) bond motifs is 1. The summed E-state index contributed by atoms with van der Waals surface area (Å²) in [7, 11) is 0. The van der Waals surface area contributed by atoms with Crippen LogP contribution in [-0.2, 0) is 0 Å². The molecule has 2 saturated heterocycles. The highest BCUT2D eigenvalue weighted by molar-refractivity contribution is 4.84. The minimum atomic E-state index is 0.885. The number of nitrogens with zero attached hydrogens (tertiary/aromatic N) is 2. The lowest BCUT2D eigenvalue weighted by Gasteiger charge is -2.44. The predicted octanol–water partition coefficient (Wildman–Crippen LogP) is 2.72. The standard InChI is InChI=1S/C17H35N3/c1-2-10-18-11-6-3-4-7-12-19-14-15-20-13-8-5-9-17(20)16-19/h17-18H,2-16H2,1H3. The van der Waals surface area contributed by atoms with Crippen LogP contribution in [0.5, 0.6) is 0 Å². The van der Waals surface area contributed by atoms with Crippen molar-refractivity contribution in [2.75, 3.05) is 45.8 Å². The van der Waals surface area contributed by atoms with E-state index in [2.05, 4.69) is 22.0 Å². The minimum Gasteiger partial charge on any atom is -0.317 e. The van der Waals surface area contributed by atoms with Gasteiger partial charge in [0.2, 0.25) is 0 Å². The fraction of sp³-hybridized carbons (Fsp3) is 1.00. The molecule has 0 saturated carbocycles. The summed E-state index contributed by atoms with van der Waals surface area (Å²) < 4.78 is 0. The molecule has 0 bridgehead atoms. The molecule has 2 aliphatic rings. The van der Waals surface area contributed by atoms with Crippen LogP contribution in [0.4, 0.5) is 0 Å². The summed E-state index contributed by atoms with van der Waals surface area (Å²) in [6.07, 6.45) is 11.2. The van der Waals surface area contributed by atoms with Gasteiger partial charge < -0.3 is 10.2 Å². The Morgan fingerprint density at radius 3 is 2.75 bits per heavy atom. The molecule has 2 aliphatic heterocycles. The third kappa shape index (κ3) is 5.71. The molecule has 118 valence electrons. The van der Waals surface area contributed by atoms with Gasteiger partial charge in [0.15, 0.2) is 0 Å². The number of rotatable bonds is 9. The average molecular weight is 281 g/mol. The second kappa shape index (κ2) is 9.75. The Kier molecular flexibility index (Phi) is 7.92. The molecule has 0 spiro atoms. The van der Waals surface area contributed by atoms with Gasteiger partial charge in [0.1, 0.15) is 0 Å². The Bertz CT molecular complexity index is 244. The van der Waals surface area contributed by atoms with Crippen LogP contribution in [0.3, 0.4) is 0 Å². The van der Waals surface area contributed by atoms with Crippen molar-refractivity contribution in [2.45, 2.75) is 64.3 Å². The minimum absolute atomic E-state index is 0.885. The van der Waals surface area contributed by atoms with Gasteiger partial charge >= 0.3 is 0 Å². The molecule has 0 aliphatic carbocycles. The van der Waals surface area contributed by atoms with E-state index >= 15 is 0 Å². The summed E-state index contributed by atoms with van der Waals surface area (Å²) in [6, 6.07) is 0.885. The molecule has 0 aromatic rings. The van der Waals surface area contributed by atoms with Gasteiger partial charge in [-0.25, -0.2) is 0 Å². The van der Waals surface area contributed by atoms with Crippen LogP contribution in [0, 0.1) is 0 Å². The number of nitrogens with one attached hydrogen (secondary N) is 1. The molecule has 0 amide bonds. The number of hydrogen-bond donors (Lipinski definition) is 1. The van der Waals surface area contributed by atoms with E-state index < -0.39 is 0 Å². The number of piperazine rings is 1. The first kappa shape index (κ1) is 16.3. The molecule has 0 aromatic carbocycles. The first-order valence-corrected chi connectivity index (χ1v) is 9.07. The molecule has 20 heavy (non-hydrogen) atoms. The summed E-state index contributed by atoms with van der Waals surface area (Å²) in [6.45, 7) is 11.3. The van der Waals surface area contributed by atoms with E-state index in [-0.39, 0.29) is 0 Å². The molecule has 0 radical (unpaired) electrons. The summed E-state index contributed by atoms with van der Waals surface area (Å²) in [5, 5.41) is 3.49. The van der Waals surface area contributed by atoms with Crippen LogP contribution in [0.15, 0.2) is 0 Å². The highest BCUT2D eigenvalue weighted by atomic mass is 15.3. The topological polar surface area (TPSA) is 18.5 Å². The molecular formula is C17H35N3. The highest BCUT2D eigenvalue weighted by Crippen LogP contribution is 2.21. The zero-order chi connectivity index (χ0) is 14.0. The maximum absolute atomic E-state index is 3.49. The lowest BCUT2D eigenvalue weighted by atomic mass is 9.99. The van der Waals surface area contributed by atoms with Crippen molar-refractivity contribution < 1.29 is 0 Å². The van der Waals surface area contributed by atoms with Gasteiger partial charge in [-0.15, -0.1) is 0 Å². The molecular weight excluding hydrogens is 246 g/mol. The summed E-state index contributed by atoms with van der Waals surface area (Å²) in [4.78, 5) is 5.46. The van der Waals surface area contributed by atoms with Crippen LogP contribution in [-0.4, -0.2) is 61.7 Å². The molecule has 1 N–H and O–H groups in total. The van der Waals surface area contributed by atoms with Gasteiger partial charge in [0, 0.05) is 25.7 Å².